The number of urea groups is 1. The molecule has 0 atom stereocenters. The first-order chi connectivity index (χ1) is 14.6. The van der Waals surface area contributed by atoms with Crippen LogP contribution in [0.5, 0.6) is 5.75 Å². The zero-order valence-electron chi connectivity index (χ0n) is 18.2. The van der Waals surface area contributed by atoms with Gasteiger partial charge in [0, 0.05) is 32.3 Å². The van der Waals surface area contributed by atoms with Crippen LogP contribution in [0.1, 0.15) is 38.2 Å². The standard InChI is InChI=1S/C24H34N3O3/c1-3-20(19-21-7-10-22(30-2)11-8-21)9-12-23(28)27(17-5-4-6-18-27)24(29)26-15-13-25-14-16-26/h7-12,19,25H,3-6,13-18H2,1-2H3/q+1/b12-9+,20-19+. The number of ether oxygens (including phenoxy) is 1. The Hall–Kier alpha value is -2.44. The lowest BCUT2D eigenvalue weighted by molar-refractivity contribution is -0.781. The molecule has 3 amide bonds. The molecule has 0 saturated carbocycles. The van der Waals surface area contributed by atoms with Crippen molar-refractivity contribution in [2.45, 2.75) is 32.6 Å². The van der Waals surface area contributed by atoms with E-state index in [9.17, 15) is 9.59 Å². The first kappa shape index (κ1) is 22.2. The highest BCUT2D eigenvalue weighted by molar-refractivity contribution is 5.91. The number of rotatable bonds is 5. The quantitative estimate of drug-likeness (QED) is 0.456. The lowest BCUT2D eigenvalue weighted by Crippen LogP contribution is -2.65. The summed E-state index contributed by atoms with van der Waals surface area (Å²) in [6.45, 7) is 6.22. The van der Waals surface area contributed by atoms with Gasteiger partial charge in [-0.3, -0.25) is 4.90 Å². The normalized spacial score (nSPS) is 19.7. The van der Waals surface area contributed by atoms with Crippen molar-refractivity contribution in [1.82, 2.24) is 10.2 Å². The summed E-state index contributed by atoms with van der Waals surface area (Å²) in [4.78, 5) is 28.6. The molecule has 1 aromatic rings. The van der Waals surface area contributed by atoms with Crippen molar-refractivity contribution in [3.8, 4) is 5.75 Å². The molecule has 2 saturated heterocycles. The van der Waals surface area contributed by atoms with E-state index in [1.807, 2.05) is 35.2 Å². The van der Waals surface area contributed by atoms with Gasteiger partial charge in [-0.2, -0.15) is 4.48 Å². The third-order valence-corrected chi connectivity index (χ3v) is 6.07. The largest absolute Gasteiger partial charge is 0.497 e. The summed E-state index contributed by atoms with van der Waals surface area (Å²) in [5.41, 5.74) is 2.11. The van der Waals surface area contributed by atoms with Crippen LogP contribution in [0.2, 0.25) is 0 Å². The number of methoxy groups -OCH3 is 1. The molecule has 6 nitrogen and oxygen atoms in total. The number of likely N-dealkylation sites (tertiary alicyclic amines) is 1. The molecular weight excluding hydrogens is 378 g/mol. The van der Waals surface area contributed by atoms with E-state index < -0.39 is 0 Å². The second-order valence-electron chi connectivity index (χ2n) is 8.01. The Morgan fingerprint density at radius 3 is 2.33 bits per heavy atom. The van der Waals surface area contributed by atoms with Gasteiger partial charge >= 0.3 is 11.9 Å². The van der Waals surface area contributed by atoms with E-state index in [4.69, 9.17) is 4.74 Å². The predicted molar refractivity (Wildman–Crippen MR) is 119 cm³/mol. The van der Waals surface area contributed by atoms with Crippen molar-refractivity contribution in [1.29, 1.82) is 0 Å². The van der Waals surface area contributed by atoms with E-state index in [1.165, 1.54) is 0 Å². The van der Waals surface area contributed by atoms with E-state index >= 15 is 0 Å². The number of allylic oxidation sites excluding steroid dienone is 2. The Morgan fingerprint density at radius 1 is 1.07 bits per heavy atom. The molecule has 0 unspecified atom stereocenters. The number of hydrogen-bond donors (Lipinski definition) is 1. The van der Waals surface area contributed by atoms with Crippen molar-refractivity contribution >= 4 is 18.0 Å². The minimum atomic E-state index is -0.0905. The maximum atomic E-state index is 13.4. The van der Waals surface area contributed by atoms with Crippen LogP contribution in [0.15, 0.2) is 42.0 Å². The van der Waals surface area contributed by atoms with Gasteiger partial charge in [-0.15, -0.1) is 0 Å². The zero-order valence-corrected chi connectivity index (χ0v) is 18.2. The number of piperidine rings is 1. The summed E-state index contributed by atoms with van der Waals surface area (Å²) in [6.07, 6.45) is 9.31. The van der Waals surface area contributed by atoms with Crippen LogP contribution in [-0.4, -0.2) is 67.7 Å². The van der Waals surface area contributed by atoms with E-state index in [1.54, 1.807) is 13.2 Å². The van der Waals surface area contributed by atoms with Gasteiger partial charge in [0.15, 0.2) is 0 Å². The van der Waals surface area contributed by atoms with Gasteiger partial charge in [0.2, 0.25) is 0 Å². The highest BCUT2D eigenvalue weighted by Gasteiger charge is 2.47. The van der Waals surface area contributed by atoms with Gasteiger partial charge in [-0.1, -0.05) is 25.1 Å². The molecule has 0 radical (unpaired) electrons. The second kappa shape index (κ2) is 10.5. The second-order valence-corrected chi connectivity index (χ2v) is 8.01. The molecule has 2 aliphatic heterocycles. The van der Waals surface area contributed by atoms with Gasteiger partial charge in [0.25, 0.3) is 0 Å². The summed E-state index contributed by atoms with van der Waals surface area (Å²) in [7, 11) is 1.65. The highest BCUT2D eigenvalue weighted by atomic mass is 16.5. The number of carbonyl (C=O) groups is 2. The van der Waals surface area contributed by atoms with Crippen molar-refractivity contribution in [3.63, 3.8) is 0 Å². The summed E-state index contributed by atoms with van der Waals surface area (Å²) in [6, 6.07) is 7.82. The number of quaternary nitrogens is 1. The van der Waals surface area contributed by atoms with Crippen molar-refractivity contribution in [2.24, 2.45) is 0 Å². The fraction of sp³-hybridized carbons (Fsp3) is 0.500. The molecule has 1 aromatic carbocycles. The number of piperazine rings is 1. The van der Waals surface area contributed by atoms with Gasteiger partial charge in [-0.25, -0.2) is 9.59 Å². The van der Waals surface area contributed by atoms with Crippen molar-refractivity contribution < 1.29 is 18.8 Å². The van der Waals surface area contributed by atoms with Gasteiger partial charge in [0.1, 0.15) is 5.75 Å². The van der Waals surface area contributed by atoms with E-state index in [2.05, 4.69) is 18.3 Å². The lowest BCUT2D eigenvalue weighted by atomic mass is 10.1. The lowest BCUT2D eigenvalue weighted by Gasteiger charge is -2.39. The number of amides is 3. The van der Waals surface area contributed by atoms with E-state index in [0.717, 1.165) is 55.7 Å². The molecular formula is C24H34N3O3+. The van der Waals surface area contributed by atoms with Crippen LogP contribution in [0, 0.1) is 0 Å². The fourth-order valence-electron chi connectivity index (χ4n) is 4.19. The summed E-state index contributed by atoms with van der Waals surface area (Å²) < 4.78 is 5.15. The smallest absolute Gasteiger partial charge is 0.427 e. The predicted octanol–water partition coefficient (Wildman–Crippen LogP) is 3.60. The van der Waals surface area contributed by atoms with Crippen LogP contribution < -0.4 is 10.1 Å². The number of nitrogens with one attached hydrogen (secondary N) is 1. The van der Waals surface area contributed by atoms with E-state index in [0.29, 0.717) is 26.2 Å². The molecule has 30 heavy (non-hydrogen) atoms. The maximum absolute atomic E-state index is 13.4. The van der Waals surface area contributed by atoms with Crippen molar-refractivity contribution in [3.05, 3.63) is 47.6 Å². The zero-order chi connectivity index (χ0) is 21.4. The molecule has 162 valence electrons. The number of benzene rings is 1. The average molecular weight is 413 g/mol. The monoisotopic (exact) mass is 412 g/mol. The average Bonchev–Trinajstić information content (AvgIpc) is 2.82. The van der Waals surface area contributed by atoms with Gasteiger partial charge in [-0.05, 0) is 55.0 Å². The molecule has 1 N–H and O–H groups in total. The molecule has 0 bridgehead atoms. The maximum Gasteiger partial charge on any atom is 0.427 e. The van der Waals surface area contributed by atoms with Gasteiger partial charge < -0.3 is 10.1 Å². The Labute approximate surface area is 179 Å². The molecule has 3 rings (SSSR count). The number of carbonyl (C=O) groups excluding carboxylic acids is 2. The van der Waals surface area contributed by atoms with Crippen LogP contribution in [-0.2, 0) is 4.79 Å². The topological polar surface area (TPSA) is 58.6 Å². The molecule has 0 spiro atoms. The number of imide groups is 1. The van der Waals surface area contributed by atoms with Crippen LogP contribution in [0.3, 0.4) is 0 Å². The van der Waals surface area contributed by atoms with Crippen LogP contribution in [0.4, 0.5) is 4.79 Å². The minimum Gasteiger partial charge on any atom is -0.497 e. The molecule has 0 aliphatic carbocycles. The minimum absolute atomic E-state index is 0.0250. The molecule has 2 aliphatic rings. The summed E-state index contributed by atoms with van der Waals surface area (Å²) in [5.74, 6) is 0.728. The Kier molecular flexibility index (Phi) is 7.82. The molecule has 2 heterocycles. The third-order valence-electron chi connectivity index (χ3n) is 6.07. The molecule has 0 aromatic heterocycles. The molecule has 2 fully saturated rings. The Bertz CT molecular complexity index is 786. The SMILES string of the molecule is CCC(/C=C/C(=O)[N+]1(C(=O)N2CCNCC2)CCCCC1)=C\c1ccc(OC)cc1. The van der Waals surface area contributed by atoms with Gasteiger partial charge in [0.05, 0.1) is 20.2 Å². The highest BCUT2D eigenvalue weighted by Crippen LogP contribution is 2.24. The fourth-order valence-corrected chi connectivity index (χ4v) is 4.19. The number of hydrogen-bond acceptors (Lipinski definition) is 4. The summed E-state index contributed by atoms with van der Waals surface area (Å²) >= 11 is 0. The Morgan fingerprint density at radius 2 is 1.73 bits per heavy atom. The Balaban J connectivity index is 1.78. The number of nitrogens with zero attached hydrogens (tertiary/aromatic N) is 2. The van der Waals surface area contributed by atoms with Crippen molar-refractivity contribution in [2.75, 3.05) is 46.4 Å². The molecule has 6 heteroatoms. The third kappa shape index (κ3) is 5.18. The van der Waals surface area contributed by atoms with Crippen LogP contribution >= 0.6 is 0 Å². The van der Waals surface area contributed by atoms with E-state index in [-0.39, 0.29) is 16.4 Å². The first-order valence-corrected chi connectivity index (χ1v) is 11.0. The first-order valence-electron chi connectivity index (χ1n) is 11.0. The van der Waals surface area contributed by atoms with Crippen LogP contribution in [0.25, 0.3) is 6.08 Å². The summed E-state index contributed by atoms with van der Waals surface area (Å²) in [5, 5.41) is 3.28.